The molecule has 2 bridgehead atoms. The fourth-order valence-electron chi connectivity index (χ4n) is 8.71. The number of hydrogen-bond donors (Lipinski definition) is 7. The number of rotatable bonds is 13. The van der Waals surface area contributed by atoms with Crippen molar-refractivity contribution in [2.45, 2.75) is 87.6 Å². The van der Waals surface area contributed by atoms with Gasteiger partial charge in [0.15, 0.2) is 23.6 Å². The molecule has 1 aromatic rings. The highest BCUT2D eigenvalue weighted by Crippen LogP contribution is 2.63. The van der Waals surface area contributed by atoms with Crippen molar-refractivity contribution < 1.29 is 43.3 Å². The van der Waals surface area contributed by atoms with Gasteiger partial charge in [-0.15, -0.1) is 0 Å². The van der Waals surface area contributed by atoms with Gasteiger partial charge >= 0.3 is 12.1 Å². The number of benzene rings is 1. The van der Waals surface area contributed by atoms with Crippen molar-refractivity contribution in [1.82, 2.24) is 31.1 Å². The van der Waals surface area contributed by atoms with E-state index in [0.717, 1.165) is 38.0 Å². The van der Waals surface area contributed by atoms with Crippen molar-refractivity contribution in [2.24, 2.45) is 11.7 Å². The SMILES string of the molecule is COc1ccc2c3c1O[C@H]1C(OC(=O)N4CCCCC4NC(=O)[C@H](CCCNC(=N)N)NC(=O)CNC(=O)CC(=O)O)=CC[C@H]4[C@@H](C2)N(C)CC[C@]314. The number of allylic oxidation sites excluding steroid dienone is 1. The molecule has 17 heteroatoms. The van der Waals surface area contributed by atoms with E-state index >= 15 is 0 Å². The maximum atomic E-state index is 14.0. The van der Waals surface area contributed by atoms with E-state index in [2.05, 4.69) is 39.3 Å². The van der Waals surface area contributed by atoms with E-state index in [0.29, 0.717) is 43.4 Å². The second kappa shape index (κ2) is 15.3. The lowest BCUT2D eigenvalue weighted by molar-refractivity contribution is -0.141. The summed E-state index contributed by atoms with van der Waals surface area (Å²) in [5.41, 5.74) is 7.42. The van der Waals surface area contributed by atoms with Crippen LogP contribution in [0.1, 0.15) is 62.5 Å². The van der Waals surface area contributed by atoms with Crippen LogP contribution in [-0.2, 0) is 35.8 Å². The molecule has 52 heavy (non-hydrogen) atoms. The zero-order chi connectivity index (χ0) is 37.2. The summed E-state index contributed by atoms with van der Waals surface area (Å²) in [6.07, 6.45) is 4.25. The Morgan fingerprint density at radius 3 is 2.71 bits per heavy atom. The van der Waals surface area contributed by atoms with Crippen LogP contribution in [0.15, 0.2) is 24.0 Å². The first kappa shape index (κ1) is 36.7. The summed E-state index contributed by atoms with van der Waals surface area (Å²) in [5, 5.41) is 26.6. The van der Waals surface area contributed by atoms with Gasteiger partial charge in [-0.2, -0.15) is 0 Å². The van der Waals surface area contributed by atoms with Crippen LogP contribution >= 0.6 is 0 Å². The maximum absolute atomic E-state index is 14.0. The van der Waals surface area contributed by atoms with Gasteiger partial charge in [-0.05, 0) is 88.6 Å². The first-order valence-corrected chi connectivity index (χ1v) is 17.8. The van der Waals surface area contributed by atoms with E-state index in [4.69, 9.17) is 30.5 Å². The molecule has 2 fully saturated rings. The number of carbonyl (C=O) groups is 5. The number of likely N-dealkylation sites (N-methyl/N-ethyl adjacent to an activating group) is 1. The van der Waals surface area contributed by atoms with Gasteiger partial charge in [0.25, 0.3) is 0 Å². The Morgan fingerprint density at radius 1 is 1.15 bits per heavy atom. The summed E-state index contributed by atoms with van der Waals surface area (Å²) in [6, 6.07) is 3.34. The number of nitrogens with two attached hydrogens (primary N) is 1. The van der Waals surface area contributed by atoms with Gasteiger partial charge in [0.2, 0.25) is 17.7 Å². The molecule has 4 amide bonds. The van der Waals surface area contributed by atoms with Gasteiger partial charge < -0.3 is 51.2 Å². The third-order valence-corrected chi connectivity index (χ3v) is 11.1. The van der Waals surface area contributed by atoms with Crippen LogP contribution in [-0.4, -0.2) is 115 Å². The molecule has 2 aliphatic carbocycles. The molecule has 5 aliphatic rings. The molecule has 3 heterocycles. The van der Waals surface area contributed by atoms with Crippen LogP contribution in [0, 0.1) is 11.3 Å². The highest BCUT2D eigenvalue weighted by atomic mass is 16.6. The van der Waals surface area contributed by atoms with Crippen molar-refractivity contribution in [3.8, 4) is 11.5 Å². The lowest BCUT2D eigenvalue weighted by Gasteiger charge is -2.56. The molecule has 0 saturated carbocycles. The zero-order valence-electron chi connectivity index (χ0n) is 29.5. The minimum absolute atomic E-state index is 0.148. The normalized spacial score (nSPS) is 26.0. The third-order valence-electron chi connectivity index (χ3n) is 11.1. The van der Waals surface area contributed by atoms with E-state index in [-0.39, 0.29) is 30.3 Å². The largest absolute Gasteiger partial charge is 0.493 e. The van der Waals surface area contributed by atoms with Crippen molar-refractivity contribution in [3.05, 3.63) is 35.1 Å². The van der Waals surface area contributed by atoms with Crippen LogP contribution in [0.5, 0.6) is 11.5 Å². The Labute approximate surface area is 301 Å². The molecule has 8 N–H and O–H groups in total. The van der Waals surface area contributed by atoms with Gasteiger partial charge in [0.1, 0.15) is 24.4 Å². The number of carboxylic acids is 1. The first-order chi connectivity index (χ1) is 24.9. The molecule has 0 radical (unpaired) electrons. The van der Waals surface area contributed by atoms with Gasteiger partial charge in [-0.3, -0.25) is 29.5 Å². The summed E-state index contributed by atoms with van der Waals surface area (Å²) in [5.74, 6) is -1.56. The fourth-order valence-corrected chi connectivity index (χ4v) is 8.71. The second-order valence-electron chi connectivity index (χ2n) is 14.2. The number of amides is 4. The van der Waals surface area contributed by atoms with Crippen LogP contribution in [0.25, 0.3) is 0 Å². The van der Waals surface area contributed by atoms with E-state index < -0.39 is 61.1 Å². The molecule has 6 rings (SSSR count). The number of ether oxygens (including phenoxy) is 3. The van der Waals surface area contributed by atoms with E-state index in [1.165, 1.54) is 16.0 Å². The number of nitrogens with zero attached hydrogens (tertiary/aromatic N) is 2. The topological polar surface area (TPSA) is 238 Å². The lowest BCUT2D eigenvalue weighted by Crippen LogP contribution is -2.63. The molecular formula is C35H48N8O9. The number of carbonyl (C=O) groups excluding carboxylic acids is 4. The summed E-state index contributed by atoms with van der Waals surface area (Å²) in [4.78, 5) is 66.8. The lowest BCUT2D eigenvalue weighted by atomic mass is 9.53. The fraction of sp³-hybridized carbons (Fsp3) is 0.600. The number of likely N-dealkylation sites (tertiary alicyclic amines) is 2. The highest BCUT2D eigenvalue weighted by Gasteiger charge is 2.65. The minimum atomic E-state index is -1.34. The van der Waals surface area contributed by atoms with E-state index in [1.54, 1.807) is 7.11 Å². The number of hydrogen-bond acceptors (Lipinski definition) is 10. The van der Waals surface area contributed by atoms with Crippen molar-refractivity contribution >= 4 is 35.7 Å². The zero-order valence-corrected chi connectivity index (χ0v) is 29.5. The molecule has 1 unspecified atom stereocenters. The highest BCUT2D eigenvalue weighted by molar-refractivity contribution is 5.95. The third kappa shape index (κ3) is 7.18. The van der Waals surface area contributed by atoms with Gasteiger partial charge in [0.05, 0.1) is 13.7 Å². The summed E-state index contributed by atoms with van der Waals surface area (Å²) >= 11 is 0. The van der Waals surface area contributed by atoms with Crippen molar-refractivity contribution in [3.63, 3.8) is 0 Å². The average Bonchev–Trinajstić information content (AvgIpc) is 3.46. The number of nitrogens with one attached hydrogen (secondary N) is 5. The molecule has 6 atom stereocenters. The molecule has 2 saturated heterocycles. The van der Waals surface area contributed by atoms with Crippen LogP contribution in [0.4, 0.5) is 4.79 Å². The summed E-state index contributed by atoms with van der Waals surface area (Å²) in [6.45, 7) is 0.964. The predicted octanol–water partition coefficient (Wildman–Crippen LogP) is 0.262. The quantitative estimate of drug-likeness (QED) is 0.0628. The Balaban J connectivity index is 1.15. The Kier molecular flexibility index (Phi) is 10.8. The maximum Gasteiger partial charge on any atom is 0.416 e. The smallest absolute Gasteiger partial charge is 0.416 e. The van der Waals surface area contributed by atoms with Crippen LogP contribution < -0.4 is 36.5 Å². The number of piperidine rings is 2. The van der Waals surface area contributed by atoms with Gasteiger partial charge in [-0.1, -0.05) is 6.07 Å². The Bertz CT molecular complexity index is 1650. The van der Waals surface area contributed by atoms with Gasteiger partial charge in [0, 0.05) is 30.1 Å². The van der Waals surface area contributed by atoms with Crippen molar-refractivity contribution in [1.29, 1.82) is 5.41 Å². The van der Waals surface area contributed by atoms with Crippen molar-refractivity contribution in [2.75, 3.05) is 40.3 Å². The molecule has 17 nitrogen and oxygen atoms in total. The molecular weight excluding hydrogens is 676 g/mol. The Morgan fingerprint density at radius 2 is 1.96 bits per heavy atom. The summed E-state index contributed by atoms with van der Waals surface area (Å²) in [7, 11) is 3.79. The van der Waals surface area contributed by atoms with E-state index in [9.17, 15) is 24.0 Å². The van der Waals surface area contributed by atoms with E-state index in [1.807, 2.05) is 12.1 Å². The molecule has 282 valence electrons. The minimum Gasteiger partial charge on any atom is -0.493 e. The molecule has 1 spiro atoms. The molecule has 3 aliphatic heterocycles. The van der Waals surface area contributed by atoms with Crippen LogP contribution in [0.3, 0.4) is 0 Å². The number of methoxy groups -OCH3 is 1. The summed E-state index contributed by atoms with van der Waals surface area (Å²) < 4.78 is 18.7. The number of carboxylic acid groups (broad SMARTS) is 1. The first-order valence-electron chi connectivity index (χ1n) is 17.8. The molecule has 1 aromatic carbocycles. The molecule has 0 aromatic heterocycles. The number of guanidine groups is 1. The van der Waals surface area contributed by atoms with Gasteiger partial charge in [-0.25, -0.2) is 4.79 Å². The predicted molar refractivity (Wildman–Crippen MR) is 185 cm³/mol. The second-order valence-corrected chi connectivity index (χ2v) is 14.2. The van der Waals surface area contributed by atoms with Crippen LogP contribution in [0.2, 0.25) is 0 Å². The average molecular weight is 725 g/mol. The number of aliphatic carboxylic acids is 1. The Hall–Kier alpha value is -5.06. The monoisotopic (exact) mass is 724 g/mol. The standard InChI is InChI=1S/C35H48N8O9/c1-42-15-12-35-20-9-11-24(31(35)52-30-23(50-2)10-8-19(29(30)35)16-22(20)42)51-34(49)43-14-4-3-7-25(43)41-32(48)21(6-5-13-38-33(36)37)40-27(45)18-39-26(44)17-28(46)47/h8,10-11,20-22,25,31H,3-7,9,12-18H2,1-2H3,(H,39,44)(H,40,45)(H,41,48)(H,46,47)(H4,36,37,38)/t20-,21-,22+,25?,31-,35-/m0/s1.